The van der Waals surface area contributed by atoms with Gasteiger partial charge in [-0.2, -0.15) is 4.31 Å². The molecule has 0 aliphatic carbocycles. The van der Waals surface area contributed by atoms with Crippen molar-refractivity contribution in [2.24, 2.45) is 0 Å². The van der Waals surface area contributed by atoms with E-state index in [-0.39, 0.29) is 17.0 Å². The van der Waals surface area contributed by atoms with Crippen molar-refractivity contribution in [2.45, 2.75) is 30.9 Å². The predicted octanol–water partition coefficient (Wildman–Crippen LogP) is 0.921. The van der Waals surface area contributed by atoms with Crippen molar-refractivity contribution in [2.75, 3.05) is 25.5 Å². The third-order valence-electron chi connectivity index (χ3n) is 3.19. The highest BCUT2D eigenvalue weighted by atomic mass is 32.2. The van der Waals surface area contributed by atoms with Crippen LogP contribution < -0.4 is 5.32 Å². The van der Waals surface area contributed by atoms with E-state index in [1.165, 1.54) is 10.5 Å². The van der Waals surface area contributed by atoms with Gasteiger partial charge in [-0.05, 0) is 19.9 Å². The van der Waals surface area contributed by atoms with Crippen molar-refractivity contribution in [3.05, 3.63) is 18.5 Å². The van der Waals surface area contributed by atoms with Crippen LogP contribution in [-0.2, 0) is 14.8 Å². The average molecular weight is 285 g/mol. The summed E-state index contributed by atoms with van der Waals surface area (Å²) < 4.78 is 32.4. The van der Waals surface area contributed by atoms with Crippen molar-refractivity contribution in [1.82, 2.24) is 9.29 Å². The molecule has 1 fully saturated rings. The van der Waals surface area contributed by atoms with E-state index >= 15 is 0 Å². The van der Waals surface area contributed by atoms with Gasteiger partial charge in [0.15, 0.2) is 0 Å². The summed E-state index contributed by atoms with van der Waals surface area (Å²) in [4.78, 5) is 4.13. The first-order valence-electron chi connectivity index (χ1n) is 6.22. The summed E-state index contributed by atoms with van der Waals surface area (Å²) in [6.45, 7) is 4.49. The number of morpholine rings is 1. The van der Waals surface area contributed by atoms with Gasteiger partial charge in [-0.3, -0.25) is 4.98 Å². The highest BCUT2D eigenvalue weighted by Gasteiger charge is 2.35. The molecule has 0 amide bonds. The van der Waals surface area contributed by atoms with Gasteiger partial charge >= 0.3 is 0 Å². The van der Waals surface area contributed by atoms with Crippen LogP contribution in [0.2, 0.25) is 0 Å². The van der Waals surface area contributed by atoms with E-state index < -0.39 is 10.0 Å². The number of anilines is 1. The molecule has 19 heavy (non-hydrogen) atoms. The van der Waals surface area contributed by atoms with E-state index in [0.29, 0.717) is 18.8 Å². The first-order chi connectivity index (χ1) is 8.96. The lowest BCUT2D eigenvalue weighted by molar-refractivity contribution is -0.0170. The lowest BCUT2D eigenvalue weighted by atomic mass is 10.2. The molecule has 6 nitrogen and oxygen atoms in total. The molecular formula is C12H19N3O3S. The lowest BCUT2D eigenvalue weighted by Gasteiger charge is -2.35. The maximum atomic E-state index is 12.7. The smallest absolute Gasteiger partial charge is 0.247 e. The molecule has 2 unspecified atom stereocenters. The molecule has 0 bridgehead atoms. The minimum atomic E-state index is -3.56. The quantitative estimate of drug-likeness (QED) is 0.894. The Balaban J connectivity index is 2.41. The maximum absolute atomic E-state index is 12.7. The number of hydrogen-bond acceptors (Lipinski definition) is 5. The van der Waals surface area contributed by atoms with Gasteiger partial charge in [0.05, 0.1) is 18.4 Å². The van der Waals surface area contributed by atoms with E-state index in [0.717, 1.165) is 0 Å². The number of pyridine rings is 1. The first kappa shape index (κ1) is 14.2. The van der Waals surface area contributed by atoms with Crippen LogP contribution in [0.25, 0.3) is 0 Å². The molecule has 2 atom stereocenters. The Kier molecular flexibility index (Phi) is 4.07. The Morgan fingerprint density at radius 1 is 1.47 bits per heavy atom. The van der Waals surface area contributed by atoms with Crippen LogP contribution >= 0.6 is 0 Å². The summed E-state index contributed by atoms with van der Waals surface area (Å²) in [5, 5.41) is 2.89. The molecule has 7 heteroatoms. The minimum absolute atomic E-state index is 0.0966. The van der Waals surface area contributed by atoms with Crippen molar-refractivity contribution < 1.29 is 13.2 Å². The minimum Gasteiger partial charge on any atom is -0.387 e. The molecule has 1 N–H and O–H groups in total. The van der Waals surface area contributed by atoms with Crippen LogP contribution in [0.4, 0.5) is 5.69 Å². The van der Waals surface area contributed by atoms with Crippen LogP contribution in [0.1, 0.15) is 13.8 Å². The van der Waals surface area contributed by atoms with Crippen LogP contribution in [0.5, 0.6) is 0 Å². The van der Waals surface area contributed by atoms with Gasteiger partial charge in [-0.1, -0.05) is 0 Å². The zero-order valence-corrected chi connectivity index (χ0v) is 12.1. The molecule has 0 aromatic carbocycles. The zero-order chi connectivity index (χ0) is 14.0. The fraction of sp³-hybridized carbons (Fsp3) is 0.583. The molecule has 0 radical (unpaired) electrons. The molecule has 1 saturated heterocycles. The molecule has 0 spiro atoms. The topological polar surface area (TPSA) is 71.5 Å². The number of sulfonamides is 1. The Hall–Kier alpha value is -1.18. The van der Waals surface area contributed by atoms with Crippen molar-refractivity contribution in [1.29, 1.82) is 0 Å². The van der Waals surface area contributed by atoms with Gasteiger partial charge in [0, 0.05) is 32.0 Å². The molecule has 0 saturated carbocycles. The Bertz CT molecular complexity index is 547. The fourth-order valence-electron chi connectivity index (χ4n) is 2.13. The number of rotatable bonds is 3. The number of nitrogens with zero attached hydrogens (tertiary/aromatic N) is 2. The standard InChI is InChI=1S/C12H19N3O3S/c1-9-8-18-10(2)7-15(9)19(16,17)12-6-14-5-4-11(12)13-3/h4-6,9-10H,7-8H2,1-3H3,(H,13,14). The van der Waals surface area contributed by atoms with Gasteiger partial charge in [-0.25, -0.2) is 8.42 Å². The van der Waals surface area contributed by atoms with E-state index in [2.05, 4.69) is 10.3 Å². The molecule has 1 aliphatic rings. The molecule has 2 heterocycles. The number of ether oxygens (including phenoxy) is 1. The number of nitrogens with one attached hydrogen (secondary N) is 1. The molecular weight excluding hydrogens is 266 g/mol. The molecule has 1 aromatic heterocycles. The van der Waals surface area contributed by atoms with Crippen molar-refractivity contribution in [3.63, 3.8) is 0 Å². The summed E-state index contributed by atoms with van der Waals surface area (Å²) >= 11 is 0. The SMILES string of the molecule is CNc1ccncc1S(=O)(=O)N1CC(C)OCC1C. The number of hydrogen-bond donors (Lipinski definition) is 1. The third-order valence-corrected chi connectivity index (χ3v) is 5.20. The van der Waals surface area contributed by atoms with Crippen LogP contribution in [0.15, 0.2) is 23.4 Å². The Labute approximate surface area is 113 Å². The first-order valence-corrected chi connectivity index (χ1v) is 7.66. The summed E-state index contributed by atoms with van der Waals surface area (Å²) in [7, 11) is -1.86. The van der Waals surface area contributed by atoms with Gasteiger partial charge in [0.25, 0.3) is 0 Å². The monoisotopic (exact) mass is 285 g/mol. The van der Waals surface area contributed by atoms with Gasteiger partial charge < -0.3 is 10.1 Å². The third kappa shape index (κ3) is 2.72. The second-order valence-corrected chi connectivity index (χ2v) is 6.55. The highest BCUT2D eigenvalue weighted by molar-refractivity contribution is 7.89. The van der Waals surface area contributed by atoms with Gasteiger partial charge in [0.1, 0.15) is 4.90 Å². The van der Waals surface area contributed by atoms with Crippen LogP contribution in [0, 0.1) is 0 Å². The van der Waals surface area contributed by atoms with E-state index in [1.54, 1.807) is 19.3 Å². The fourth-order valence-corrected chi connectivity index (χ4v) is 3.96. The molecule has 2 rings (SSSR count). The van der Waals surface area contributed by atoms with Gasteiger partial charge in [-0.15, -0.1) is 0 Å². The Morgan fingerprint density at radius 3 is 2.89 bits per heavy atom. The Morgan fingerprint density at radius 2 is 2.21 bits per heavy atom. The molecule has 1 aromatic rings. The lowest BCUT2D eigenvalue weighted by Crippen LogP contribution is -2.50. The van der Waals surface area contributed by atoms with Crippen molar-refractivity contribution in [3.8, 4) is 0 Å². The second-order valence-electron chi connectivity index (χ2n) is 4.69. The summed E-state index contributed by atoms with van der Waals surface area (Å²) in [6.07, 6.45) is 2.85. The summed E-state index contributed by atoms with van der Waals surface area (Å²) in [6, 6.07) is 1.48. The van der Waals surface area contributed by atoms with Gasteiger partial charge in [0.2, 0.25) is 10.0 Å². The predicted molar refractivity (Wildman–Crippen MR) is 72.6 cm³/mol. The average Bonchev–Trinajstić information content (AvgIpc) is 2.41. The molecule has 106 valence electrons. The zero-order valence-electron chi connectivity index (χ0n) is 11.3. The summed E-state index contributed by atoms with van der Waals surface area (Å²) in [5.41, 5.74) is 0.557. The van der Waals surface area contributed by atoms with E-state index in [9.17, 15) is 8.42 Å². The van der Waals surface area contributed by atoms with Crippen LogP contribution in [0.3, 0.4) is 0 Å². The normalized spacial score (nSPS) is 25.2. The highest BCUT2D eigenvalue weighted by Crippen LogP contribution is 2.26. The maximum Gasteiger partial charge on any atom is 0.247 e. The summed E-state index contributed by atoms with van der Waals surface area (Å²) in [5.74, 6) is 0. The second kappa shape index (κ2) is 5.44. The largest absolute Gasteiger partial charge is 0.387 e. The van der Waals surface area contributed by atoms with Crippen molar-refractivity contribution >= 4 is 15.7 Å². The van der Waals surface area contributed by atoms with E-state index in [1.807, 2.05) is 13.8 Å². The number of aromatic nitrogens is 1. The van der Waals surface area contributed by atoms with E-state index in [4.69, 9.17) is 4.74 Å². The van der Waals surface area contributed by atoms with Crippen LogP contribution in [-0.4, -0.2) is 50.1 Å². The molecule has 1 aliphatic heterocycles.